The molecule has 0 aliphatic rings. The van der Waals surface area contributed by atoms with E-state index in [1.165, 1.54) is 9.13 Å². The number of hydrogen-bond acceptors (Lipinski definition) is 5. The molecule has 7 nitrogen and oxygen atoms in total. The normalized spacial score (nSPS) is 11.2. The van der Waals surface area contributed by atoms with Crippen molar-refractivity contribution >= 4 is 26.8 Å². The molecule has 0 N–H and O–H groups in total. The monoisotopic (exact) mass is 454 g/mol. The molecule has 0 spiro atoms. The van der Waals surface area contributed by atoms with Crippen LogP contribution >= 0.6 is 15.9 Å². The molecule has 0 amide bonds. The highest BCUT2D eigenvalue weighted by atomic mass is 79.9. The van der Waals surface area contributed by atoms with Crippen molar-refractivity contribution in [1.82, 2.24) is 19.3 Å². The van der Waals surface area contributed by atoms with Crippen molar-refractivity contribution in [2.24, 2.45) is 0 Å². The number of nitrogens with zero attached hydrogens (tertiary/aromatic N) is 4. The number of halogens is 1. The number of para-hydroxylation sites is 1. The maximum Gasteiger partial charge on any atom is 0.331 e. The SMILES string of the molecule is CCCCn1c(=O)c2ccccc2n(Cc2nc(-c3cccc(Br)c3)no2)c1=O. The highest BCUT2D eigenvalue weighted by Gasteiger charge is 2.16. The van der Waals surface area contributed by atoms with E-state index >= 15 is 0 Å². The van der Waals surface area contributed by atoms with Crippen molar-refractivity contribution in [1.29, 1.82) is 0 Å². The minimum Gasteiger partial charge on any atom is -0.337 e. The third kappa shape index (κ3) is 3.80. The van der Waals surface area contributed by atoms with E-state index in [-0.39, 0.29) is 17.8 Å². The van der Waals surface area contributed by atoms with E-state index in [4.69, 9.17) is 4.52 Å². The first-order valence-corrected chi connectivity index (χ1v) is 10.2. The Hall–Kier alpha value is -3.00. The van der Waals surface area contributed by atoms with E-state index in [9.17, 15) is 9.59 Å². The predicted molar refractivity (Wildman–Crippen MR) is 114 cm³/mol. The molecule has 2 aromatic heterocycles. The number of unbranched alkanes of at least 4 members (excludes halogenated alkanes) is 1. The molecule has 0 atom stereocenters. The Labute approximate surface area is 174 Å². The smallest absolute Gasteiger partial charge is 0.331 e. The van der Waals surface area contributed by atoms with Gasteiger partial charge in [0.25, 0.3) is 5.56 Å². The van der Waals surface area contributed by atoms with E-state index in [0.29, 0.717) is 29.2 Å². The average Bonchev–Trinajstić information content (AvgIpc) is 3.20. The van der Waals surface area contributed by atoms with E-state index in [1.807, 2.05) is 31.2 Å². The third-order valence-corrected chi connectivity index (χ3v) is 5.21. The van der Waals surface area contributed by atoms with Crippen LogP contribution in [0.25, 0.3) is 22.3 Å². The van der Waals surface area contributed by atoms with Gasteiger partial charge in [-0.2, -0.15) is 4.98 Å². The summed E-state index contributed by atoms with van der Waals surface area (Å²) in [5, 5.41) is 4.53. The van der Waals surface area contributed by atoms with Crippen LogP contribution in [0.2, 0.25) is 0 Å². The first kappa shape index (κ1) is 19.3. The van der Waals surface area contributed by atoms with Crippen LogP contribution in [-0.2, 0) is 13.1 Å². The maximum absolute atomic E-state index is 13.1. The Morgan fingerprint density at radius 1 is 1.07 bits per heavy atom. The lowest BCUT2D eigenvalue weighted by Crippen LogP contribution is -2.40. The Kier molecular flexibility index (Phi) is 5.44. The number of aromatic nitrogens is 4. The van der Waals surface area contributed by atoms with Crippen molar-refractivity contribution in [3.63, 3.8) is 0 Å². The minimum atomic E-state index is -0.371. The summed E-state index contributed by atoms with van der Waals surface area (Å²) in [5.74, 6) is 0.742. The highest BCUT2D eigenvalue weighted by Crippen LogP contribution is 2.20. The molecule has 0 unspecified atom stereocenters. The molecule has 29 heavy (non-hydrogen) atoms. The summed E-state index contributed by atoms with van der Waals surface area (Å²) < 4.78 is 9.11. The lowest BCUT2D eigenvalue weighted by Gasteiger charge is -2.12. The average molecular weight is 455 g/mol. The lowest BCUT2D eigenvalue weighted by atomic mass is 10.2. The van der Waals surface area contributed by atoms with Crippen LogP contribution in [0, 0.1) is 0 Å². The fourth-order valence-electron chi connectivity index (χ4n) is 3.24. The highest BCUT2D eigenvalue weighted by molar-refractivity contribution is 9.10. The molecule has 0 saturated carbocycles. The van der Waals surface area contributed by atoms with Gasteiger partial charge in [0.2, 0.25) is 11.7 Å². The van der Waals surface area contributed by atoms with E-state index in [2.05, 4.69) is 26.1 Å². The van der Waals surface area contributed by atoms with Crippen molar-refractivity contribution < 1.29 is 4.52 Å². The van der Waals surface area contributed by atoms with Gasteiger partial charge < -0.3 is 4.52 Å². The standard InChI is InChI=1S/C21H19BrN4O3/c1-2-3-11-25-20(27)16-9-4-5-10-17(16)26(21(25)28)13-18-23-19(24-29-18)14-7-6-8-15(22)12-14/h4-10,12H,2-3,11,13H2,1H3. The first-order chi connectivity index (χ1) is 14.1. The molecule has 0 saturated heterocycles. The van der Waals surface area contributed by atoms with E-state index < -0.39 is 0 Å². The summed E-state index contributed by atoms with van der Waals surface area (Å²) in [6, 6.07) is 14.7. The van der Waals surface area contributed by atoms with Gasteiger partial charge in [0, 0.05) is 16.6 Å². The quantitative estimate of drug-likeness (QED) is 0.442. The van der Waals surface area contributed by atoms with Crippen molar-refractivity contribution in [3.05, 3.63) is 79.7 Å². The summed E-state index contributed by atoms with van der Waals surface area (Å²) in [6.45, 7) is 2.49. The fourth-order valence-corrected chi connectivity index (χ4v) is 3.64. The molecule has 0 aliphatic carbocycles. The van der Waals surface area contributed by atoms with E-state index in [0.717, 1.165) is 22.9 Å². The molecule has 2 aromatic carbocycles. The largest absolute Gasteiger partial charge is 0.337 e. The van der Waals surface area contributed by atoms with Crippen molar-refractivity contribution in [3.8, 4) is 11.4 Å². The van der Waals surface area contributed by atoms with E-state index in [1.54, 1.807) is 24.3 Å². The summed E-state index contributed by atoms with van der Waals surface area (Å²) in [7, 11) is 0. The third-order valence-electron chi connectivity index (χ3n) is 4.71. The van der Waals surface area contributed by atoms with Gasteiger partial charge in [-0.1, -0.05) is 58.7 Å². The number of benzene rings is 2. The van der Waals surface area contributed by atoms with Crippen LogP contribution in [0.3, 0.4) is 0 Å². The van der Waals surface area contributed by atoms with Gasteiger partial charge >= 0.3 is 5.69 Å². The van der Waals surface area contributed by atoms with Crippen LogP contribution in [0.4, 0.5) is 0 Å². The first-order valence-electron chi connectivity index (χ1n) is 9.39. The predicted octanol–water partition coefficient (Wildman–Crippen LogP) is 3.82. The summed E-state index contributed by atoms with van der Waals surface area (Å²) in [5.41, 5.74) is 0.719. The zero-order valence-corrected chi connectivity index (χ0v) is 17.4. The minimum absolute atomic E-state index is 0.0900. The molecular formula is C21H19BrN4O3. The van der Waals surface area contributed by atoms with Gasteiger partial charge in [0.1, 0.15) is 6.54 Å². The van der Waals surface area contributed by atoms with Crippen LogP contribution in [0.1, 0.15) is 25.7 Å². The van der Waals surface area contributed by atoms with Gasteiger partial charge in [-0.05, 0) is 30.7 Å². The summed E-state index contributed by atoms with van der Waals surface area (Å²) in [4.78, 5) is 30.3. The summed E-state index contributed by atoms with van der Waals surface area (Å²) in [6.07, 6.45) is 1.64. The van der Waals surface area contributed by atoms with Gasteiger partial charge in [0.05, 0.1) is 10.9 Å². The molecular weight excluding hydrogens is 436 g/mol. The molecule has 0 radical (unpaired) electrons. The lowest BCUT2D eigenvalue weighted by molar-refractivity contribution is 0.369. The van der Waals surface area contributed by atoms with Crippen LogP contribution in [0.15, 0.2) is 67.1 Å². The molecule has 148 valence electrons. The van der Waals surface area contributed by atoms with Gasteiger partial charge in [-0.3, -0.25) is 13.9 Å². The van der Waals surface area contributed by atoms with Gasteiger partial charge in [0.15, 0.2) is 0 Å². The number of hydrogen-bond donors (Lipinski definition) is 0. The molecule has 0 bridgehead atoms. The molecule has 8 heteroatoms. The van der Waals surface area contributed by atoms with Crippen LogP contribution < -0.4 is 11.2 Å². The zero-order chi connectivity index (χ0) is 20.4. The van der Waals surface area contributed by atoms with Crippen molar-refractivity contribution in [2.45, 2.75) is 32.9 Å². The Bertz CT molecular complexity index is 1290. The molecule has 2 heterocycles. The molecule has 0 fully saturated rings. The molecule has 0 aliphatic heterocycles. The fraction of sp³-hybridized carbons (Fsp3) is 0.238. The Morgan fingerprint density at radius 2 is 1.90 bits per heavy atom. The molecule has 4 aromatic rings. The topological polar surface area (TPSA) is 82.9 Å². The van der Waals surface area contributed by atoms with Crippen LogP contribution in [-0.4, -0.2) is 19.3 Å². The molecule has 4 rings (SSSR count). The second-order valence-corrected chi connectivity index (χ2v) is 7.63. The van der Waals surface area contributed by atoms with Crippen LogP contribution in [0.5, 0.6) is 0 Å². The number of fused-ring (bicyclic) bond motifs is 1. The van der Waals surface area contributed by atoms with Gasteiger partial charge in [-0.25, -0.2) is 4.79 Å². The summed E-state index contributed by atoms with van der Waals surface area (Å²) >= 11 is 3.43. The Balaban J connectivity index is 1.78. The second kappa shape index (κ2) is 8.16. The van der Waals surface area contributed by atoms with Crippen molar-refractivity contribution in [2.75, 3.05) is 0 Å². The van der Waals surface area contributed by atoms with Gasteiger partial charge in [-0.15, -0.1) is 0 Å². The number of rotatable bonds is 6. The zero-order valence-electron chi connectivity index (χ0n) is 15.8. The maximum atomic E-state index is 13.1. The Morgan fingerprint density at radius 3 is 2.69 bits per heavy atom. The second-order valence-electron chi connectivity index (χ2n) is 6.72.